The molecule has 2 aromatic rings. The Hall–Kier alpha value is -2.84. The van der Waals surface area contributed by atoms with Gasteiger partial charge in [-0.25, -0.2) is 4.39 Å². The summed E-state index contributed by atoms with van der Waals surface area (Å²) in [5.74, 6) is -2.92. The van der Waals surface area contributed by atoms with Crippen molar-refractivity contribution < 1.29 is 19.1 Å². The molecule has 3 rings (SSSR count). The molecule has 2 N–H and O–H groups in total. The minimum atomic E-state index is -1.02. The molecule has 1 saturated heterocycles. The fourth-order valence-corrected chi connectivity index (χ4v) is 3.38. The molecule has 1 aromatic carbocycles. The van der Waals surface area contributed by atoms with Gasteiger partial charge in [0, 0.05) is 51.9 Å². The molecule has 1 aliphatic rings. The summed E-state index contributed by atoms with van der Waals surface area (Å²) in [5, 5.41) is 12.0. The molecule has 0 radical (unpaired) electrons. The molecular weight excluding hydrogens is 375 g/mol. The Kier molecular flexibility index (Phi) is 7.26. The van der Waals surface area contributed by atoms with Crippen LogP contribution in [-0.4, -0.2) is 64.5 Å². The fraction of sp³-hybridized carbons (Fsp3) is 0.381. The number of carbonyl (C=O) groups excluding carboxylic acids is 1. The van der Waals surface area contributed by atoms with Gasteiger partial charge in [0.25, 0.3) is 0 Å². The van der Waals surface area contributed by atoms with Crippen molar-refractivity contribution in [3.63, 3.8) is 0 Å². The molecule has 29 heavy (non-hydrogen) atoms. The number of halogens is 1. The highest BCUT2D eigenvalue weighted by Gasteiger charge is 2.26. The van der Waals surface area contributed by atoms with Gasteiger partial charge in [-0.1, -0.05) is 18.2 Å². The Morgan fingerprint density at radius 3 is 2.41 bits per heavy atom. The number of rotatable bonds is 8. The predicted octanol–water partition coefficient (Wildman–Crippen LogP) is 2.07. The standard InChI is InChI=1S/C21H25FN4O3/c22-18-6-1-2-7-19(18)24-20(27)13-16(21(28)29)14-25-9-11-26(12-10-25)15-17-5-3-4-8-23-17/h1-8,16H,9-15H2,(H,24,27)(H,28,29)/t16-/m1/s1. The number of aromatic nitrogens is 1. The first kappa shape index (κ1) is 20.9. The van der Waals surface area contributed by atoms with Crippen molar-refractivity contribution in [3.05, 3.63) is 60.2 Å². The fourth-order valence-electron chi connectivity index (χ4n) is 3.38. The second-order valence-electron chi connectivity index (χ2n) is 7.17. The number of benzene rings is 1. The van der Waals surface area contributed by atoms with Gasteiger partial charge in [0.15, 0.2) is 0 Å². The number of para-hydroxylation sites is 1. The highest BCUT2D eigenvalue weighted by Crippen LogP contribution is 2.16. The quantitative estimate of drug-likeness (QED) is 0.706. The first-order chi connectivity index (χ1) is 14.0. The van der Waals surface area contributed by atoms with Crippen molar-refractivity contribution in [2.75, 3.05) is 38.0 Å². The summed E-state index contributed by atoms with van der Waals surface area (Å²) < 4.78 is 13.7. The predicted molar refractivity (Wildman–Crippen MR) is 107 cm³/mol. The second kappa shape index (κ2) is 10.1. The summed E-state index contributed by atoms with van der Waals surface area (Å²) >= 11 is 0. The highest BCUT2D eigenvalue weighted by molar-refractivity contribution is 5.93. The zero-order valence-electron chi connectivity index (χ0n) is 16.1. The first-order valence-corrected chi connectivity index (χ1v) is 9.63. The van der Waals surface area contributed by atoms with Crippen molar-refractivity contribution in [2.24, 2.45) is 5.92 Å². The minimum absolute atomic E-state index is 0.0600. The maximum Gasteiger partial charge on any atom is 0.308 e. The molecule has 0 bridgehead atoms. The molecule has 1 amide bonds. The topological polar surface area (TPSA) is 85.8 Å². The molecule has 0 saturated carbocycles. The number of carboxylic acid groups (broad SMARTS) is 1. The Labute approximate surface area is 169 Å². The molecule has 1 atom stereocenters. The third-order valence-corrected chi connectivity index (χ3v) is 4.98. The average molecular weight is 400 g/mol. The minimum Gasteiger partial charge on any atom is -0.481 e. The summed E-state index contributed by atoms with van der Waals surface area (Å²) in [6.07, 6.45) is 1.58. The molecule has 1 aliphatic heterocycles. The number of amides is 1. The molecular formula is C21H25FN4O3. The van der Waals surface area contributed by atoms with E-state index in [2.05, 4.69) is 20.1 Å². The average Bonchev–Trinajstić information content (AvgIpc) is 2.71. The van der Waals surface area contributed by atoms with Gasteiger partial charge in [-0.15, -0.1) is 0 Å². The molecule has 0 unspecified atom stereocenters. The number of nitrogens with zero attached hydrogens (tertiary/aromatic N) is 3. The lowest BCUT2D eigenvalue weighted by atomic mass is 10.0. The summed E-state index contributed by atoms with van der Waals surface area (Å²) in [6, 6.07) is 11.7. The molecule has 1 aromatic heterocycles. The van der Waals surface area contributed by atoms with E-state index in [9.17, 15) is 19.1 Å². The molecule has 1 fully saturated rings. The number of carboxylic acids is 1. The Morgan fingerprint density at radius 2 is 1.76 bits per heavy atom. The number of piperazine rings is 1. The maximum absolute atomic E-state index is 13.7. The lowest BCUT2D eigenvalue weighted by Gasteiger charge is -2.35. The van der Waals surface area contributed by atoms with E-state index in [0.29, 0.717) is 0 Å². The van der Waals surface area contributed by atoms with Crippen molar-refractivity contribution in [3.8, 4) is 0 Å². The third kappa shape index (κ3) is 6.33. The van der Waals surface area contributed by atoms with Crippen LogP contribution in [0.4, 0.5) is 10.1 Å². The maximum atomic E-state index is 13.7. The number of nitrogens with one attached hydrogen (secondary N) is 1. The van der Waals surface area contributed by atoms with Gasteiger partial charge in [0.1, 0.15) is 5.82 Å². The van der Waals surface area contributed by atoms with E-state index in [1.807, 2.05) is 18.2 Å². The number of hydrogen-bond donors (Lipinski definition) is 2. The van der Waals surface area contributed by atoms with Crippen LogP contribution in [0.25, 0.3) is 0 Å². The zero-order valence-corrected chi connectivity index (χ0v) is 16.1. The lowest BCUT2D eigenvalue weighted by Crippen LogP contribution is -2.48. The Bertz CT molecular complexity index is 826. The van der Waals surface area contributed by atoms with Crippen LogP contribution < -0.4 is 5.32 Å². The van der Waals surface area contributed by atoms with Gasteiger partial charge in [-0.05, 0) is 24.3 Å². The van der Waals surface area contributed by atoms with Crippen LogP contribution in [-0.2, 0) is 16.1 Å². The smallest absolute Gasteiger partial charge is 0.308 e. The van der Waals surface area contributed by atoms with Crippen LogP contribution in [0.3, 0.4) is 0 Å². The Balaban J connectivity index is 1.47. The van der Waals surface area contributed by atoms with Gasteiger partial charge < -0.3 is 10.4 Å². The highest BCUT2D eigenvalue weighted by atomic mass is 19.1. The summed E-state index contributed by atoms with van der Waals surface area (Å²) in [4.78, 5) is 32.5. The zero-order chi connectivity index (χ0) is 20.6. The van der Waals surface area contributed by atoms with Crippen LogP contribution in [0.5, 0.6) is 0 Å². The molecule has 8 heteroatoms. The van der Waals surface area contributed by atoms with E-state index in [4.69, 9.17) is 0 Å². The van der Waals surface area contributed by atoms with Crippen molar-refractivity contribution in [1.29, 1.82) is 0 Å². The summed E-state index contributed by atoms with van der Waals surface area (Å²) in [7, 11) is 0. The van der Waals surface area contributed by atoms with Gasteiger partial charge in [-0.2, -0.15) is 0 Å². The van der Waals surface area contributed by atoms with Gasteiger partial charge in [0.2, 0.25) is 5.91 Å². The number of carbonyl (C=O) groups is 2. The monoisotopic (exact) mass is 400 g/mol. The lowest BCUT2D eigenvalue weighted by molar-refractivity contribution is -0.144. The molecule has 0 spiro atoms. The molecule has 0 aliphatic carbocycles. The normalized spacial score (nSPS) is 16.3. The summed E-state index contributed by atoms with van der Waals surface area (Å²) in [5.41, 5.74) is 1.07. The first-order valence-electron chi connectivity index (χ1n) is 9.63. The van der Waals surface area contributed by atoms with Gasteiger partial charge >= 0.3 is 5.97 Å². The van der Waals surface area contributed by atoms with E-state index < -0.39 is 23.6 Å². The van der Waals surface area contributed by atoms with E-state index >= 15 is 0 Å². The van der Waals surface area contributed by atoms with Crippen LogP contribution >= 0.6 is 0 Å². The van der Waals surface area contributed by atoms with Crippen LogP contribution in [0.1, 0.15) is 12.1 Å². The van der Waals surface area contributed by atoms with E-state index in [0.717, 1.165) is 38.4 Å². The molecule has 7 nitrogen and oxygen atoms in total. The number of hydrogen-bond acceptors (Lipinski definition) is 5. The Morgan fingerprint density at radius 1 is 1.07 bits per heavy atom. The van der Waals surface area contributed by atoms with Crippen molar-refractivity contribution in [1.82, 2.24) is 14.8 Å². The van der Waals surface area contributed by atoms with Crippen molar-refractivity contribution >= 4 is 17.6 Å². The third-order valence-electron chi connectivity index (χ3n) is 4.98. The van der Waals surface area contributed by atoms with E-state index in [1.54, 1.807) is 12.3 Å². The largest absolute Gasteiger partial charge is 0.481 e. The number of anilines is 1. The summed E-state index contributed by atoms with van der Waals surface area (Å²) in [6.45, 7) is 4.13. The van der Waals surface area contributed by atoms with E-state index in [-0.39, 0.29) is 18.7 Å². The van der Waals surface area contributed by atoms with Crippen LogP contribution in [0, 0.1) is 11.7 Å². The van der Waals surface area contributed by atoms with Crippen molar-refractivity contribution in [2.45, 2.75) is 13.0 Å². The molecule has 2 heterocycles. The van der Waals surface area contributed by atoms with Crippen LogP contribution in [0.2, 0.25) is 0 Å². The SMILES string of the molecule is O=C(C[C@H](CN1CCN(Cc2ccccn2)CC1)C(=O)O)Nc1ccccc1F. The second-order valence-corrected chi connectivity index (χ2v) is 7.17. The number of pyridine rings is 1. The van der Waals surface area contributed by atoms with E-state index in [1.165, 1.54) is 18.2 Å². The number of aliphatic carboxylic acids is 1. The van der Waals surface area contributed by atoms with Gasteiger partial charge in [0.05, 0.1) is 17.3 Å². The van der Waals surface area contributed by atoms with Crippen LogP contribution in [0.15, 0.2) is 48.7 Å². The molecule has 154 valence electrons. The van der Waals surface area contributed by atoms with Gasteiger partial charge in [-0.3, -0.25) is 24.4 Å².